The van der Waals surface area contributed by atoms with Gasteiger partial charge in [-0.25, -0.2) is 13.6 Å². The molecule has 1 N–H and O–H groups in total. The lowest BCUT2D eigenvalue weighted by Crippen LogP contribution is -2.40. The zero-order chi connectivity index (χ0) is 14.0. The van der Waals surface area contributed by atoms with Gasteiger partial charge in [0.25, 0.3) is 5.92 Å². The summed E-state index contributed by atoms with van der Waals surface area (Å²) in [5.41, 5.74) is 1.08. The van der Waals surface area contributed by atoms with E-state index in [4.69, 9.17) is 5.11 Å². The highest BCUT2D eigenvalue weighted by molar-refractivity contribution is 5.87. The van der Waals surface area contributed by atoms with Crippen molar-refractivity contribution in [3.8, 4) is 0 Å². The highest BCUT2D eigenvalue weighted by Crippen LogP contribution is 2.32. The van der Waals surface area contributed by atoms with Gasteiger partial charge >= 0.3 is 5.97 Å². The van der Waals surface area contributed by atoms with Crippen LogP contribution in [-0.4, -0.2) is 35.0 Å². The largest absolute Gasteiger partial charge is 0.478 e. The monoisotopic (exact) mass is 269 g/mol. The molecule has 0 amide bonds. The van der Waals surface area contributed by atoms with Crippen LogP contribution in [0.3, 0.4) is 0 Å². The van der Waals surface area contributed by atoms with Gasteiger partial charge in [0.1, 0.15) is 0 Å². The molecule has 0 saturated carbocycles. The lowest BCUT2D eigenvalue weighted by Gasteiger charge is -2.36. The van der Waals surface area contributed by atoms with Crippen LogP contribution in [0.5, 0.6) is 0 Å². The molecule has 0 spiro atoms. The molecule has 19 heavy (non-hydrogen) atoms. The van der Waals surface area contributed by atoms with E-state index in [1.54, 1.807) is 12.1 Å². The van der Waals surface area contributed by atoms with Crippen LogP contribution in [0.15, 0.2) is 24.3 Å². The lowest BCUT2D eigenvalue weighted by molar-refractivity contribution is -0.0620. The Bertz CT molecular complexity index is 466. The van der Waals surface area contributed by atoms with Gasteiger partial charge in [-0.1, -0.05) is 12.1 Å². The number of hydrogen-bond acceptors (Lipinski definition) is 2. The van der Waals surface area contributed by atoms with Crippen LogP contribution in [0.1, 0.15) is 41.7 Å². The molecule has 2 rings (SSSR count). The van der Waals surface area contributed by atoms with Crippen LogP contribution in [0.25, 0.3) is 0 Å². The first-order valence-corrected chi connectivity index (χ1v) is 6.34. The fourth-order valence-electron chi connectivity index (χ4n) is 2.38. The summed E-state index contributed by atoms with van der Waals surface area (Å²) in [5, 5.41) is 8.96. The van der Waals surface area contributed by atoms with E-state index in [9.17, 15) is 13.6 Å². The van der Waals surface area contributed by atoms with Crippen molar-refractivity contribution < 1.29 is 18.7 Å². The summed E-state index contributed by atoms with van der Waals surface area (Å²) < 4.78 is 26.2. The number of hydrogen-bond donors (Lipinski definition) is 1. The Morgan fingerprint density at radius 2 is 2.00 bits per heavy atom. The van der Waals surface area contributed by atoms with Gasteiger partial charge in [-0.05, 0) is 24.6 Å². The van der Waals surface area contributed by atoms with Crippen LogP contribution in [0.4, 0.5) is 8.78 Å². The molecular formula is C14H17F2NO2. The average molecular weight is 269 g/mol. The molecule has 0 aromatic heterocycles. The third kappa shape index (κ3) is 3.29. The summed E-state index contributed by atoms with van der Waals surface area (Å²) >= 11 is 0. The molecule has 104 valence electrons. The Hall–Kier alpha value is -1.49. The smallest absolute Gasteiger partial charge is 0.335 e. The summed E-state index contributed by atoms with van der Waals surface area (Å²) in [5.74, 6) is -3.53. The first-order chi connectivity index (χ1) is 8.89. The molecule has 1 aliphatic rings. The van der Waals surface area contributed by atoms with Crippen LogP contribution < -0.4 is 0 Å². The van der Waals surface area contributed by atoms with Crippen LogP contribution >= 0.6 is 0 Å². The predicted octanol–water partition coefficient (Wildman–Crippen LogP) is 3.18. The van der Waals surface area contributed by atoms with Gasteiger partial charge in [-0.3, -0.25) is 4.90 Å². The summed E-state index contributed by atoms with van der Waals surface area (Å²) in [6, 6.07) is 6.62. The number of rotatable bonds is 3. The molecule has 1 fully saturated rings. The second-order valence-electron chi connectivity index (χ2n) is 5.00. The summed E-state index contributed by atoms with van der Waals surface area (Å²) in [6.45, 7) is 2.60. The number of nitrogens with zero attached hydrogens (tertiary/aromatic N) is 1. The number of benzene rings is 1. The third-order valence-corrected chi connectivity index (χ3v) is 3.69. The van der Waals surface area contributed by atoms with Crippen molar-refractivity contribution in [3.63, 3.8) is 0 Å². The first-order valence-electron chi connectivity index (χ1n) is 6.34. The SMILES string of the molecule is CC(c1cccc(C(=O)O)c1)N1CCC(F)(F)CC1. The van der Waals surface area contributed by atoms with E-state index in [-0.39, 0.29) is 24.4 Å². The van der Waals surface area contributed by atoms with E-state index in [0.29, 0.717) is 13.1 Å². The Morgan fingerprint density at radius 3 is 2.58 bits per heavy atom. The van der Waals surface area contributed by atoms with Gasteiger partial charge in [0.05, 0.1) is 5.56 Å². The van der Waals surface area contributed by atoms with Gasteiger partial charge in [-0.2, -0.15) is 0 Å². The van der Waals surface area contributed by atoms with E-state index in [2.05, 4.69) is 0 Å². The van der Waals surface area contributed by atoms with Crippen LogP contribution in [0, 0.1) is 0 Å². The van der Waals surface area contributed by atoms with E-state index in [0.717, 1.165) is 5.56 Å². The minimum Gasteiger partial charge on any atom is -0.478 e. The number of carboxylic acids is 1. The summed E-state index contributed by atoms with van der Waals surface area (Å²) in [7, 11) is 0. The molecule has 1 unspecified atom stereocenters. The second kappa shape index (κ2) is 5.25. The predicted molar refractivity (Wildman–Crippen MR) is 67.6 cm³/mol. The molecule has 1 aromatic rings. The molecule has 1 aliphatic heterocycles. The minimum absolute atomic E-state index is 0.0459. The molecule has 1 aromatic carbocycles. The van der Waals surface area contributed by atoms with Crippen molar-refractivity contribution >= 4 is 5.97 Å². The number of piperidine rings is 1. The van der Waals surface area contributed by atoms with Gasteiger partial charge in [0.2, 0.25) is 0 Å². The Balaban J connectivity index is 2.10. The number of likely N-dealkylation sites (tertiary alicyclic amines) is 1. The molecule has 0 radical (unpaired) electrons. The topological polar surface area (TPSA) is 40.5 Å². The van der Waals surface area contributed by atoms with E-state index >= 15 is 0 Å². The van der Waals surface area contributed by atoms with Crippen molar-refractivity contribution in [1.29, 1.82) is 0 Å². The van der Waals surface area contributed by atoms with Crippen molar-refractivity contribution in [2.24, 2.45) is 0 Å². The molecule has 3 nitrogen and oxygen atoms in total. The van der Waals surface area contributed by atoms with E-state index < -0.39 is 11.9 Å². The number of aromatic carboxylic acids is 1. The maximum Gasteiger partial charge on any atom is 0.335 e. The van der Waals surface area contributed by atoms with Gasteiger partial charge in [0.15, 0.2) is 0 Å². The van der Waals surface area contributed by atoms with Crippen molar-refractivity contribution in [2.75, 3.05) is 13.1 Å². The second-order valence-corrected chi connectivity index (χ2v) is 5.00. The number of alkyl halides is 2. The Morgan fingerprint density at radius 1 is 1.37 bits per heavy atom. The van der Waals surface area contributed by atoms with E-state index in [1.807, 2.05) is 17.9 Å². The maximum atomic E-state index is 13.1. The summed E-state index contributed by atoms with van der Waals surface area (Å²) in [6.07, 6.45) is -0.258. The number of carboxylic acid groups (broad SMARTS) is 1. The van der Waals surface area contributed by atoms with Crippen molar-refractivity contribution in [1.82, 2.24) is 4.90 Å². The Labute approximate surface area is 110 Å². The lowest BCUT2D eigenvalue weighted by atomic mass is 10.00. The number of halogens is 2. The molecule has 1 heterocycles. The fourth-order valence-corrected chi connectivity index (χ4v) is 2.38. The molecule has 1 atom stereocenters. The molecule has 0 aliphatic carbocycles. The molecule has 0 bridgehead atoms. The zero-order valence-electron chi connectivity index (χ0n) is 10.8. The molecular weight excluding hydrogens is 252 g/mol. The number of carbonyl (C=O) groups is 1. The molecule has 5 heteroatoms. The highest BCUT2D eigenvalue weighted by Gasteiger charge is 2.35. The zero-order valence-corrected chi connectivity index (χ0v) is 10.8. The average Bonchev–Trinajstić information content (AvgIpc) is 2.38. The quantitative estimate of drug-likeness (QED) is 0.916. The van der Waals surface area contributed by atoms with Crippen molar-refractivity contribution in [2.45, 2.75) is 31.7 Å². The standard InChI is InChI=1S/C14H17F2NO2/c1-10(17-7-5-14(15,16)6-8-17)11-3-2-4-12(9-11)13(18)19/h2-4,9-10H,5-8H2,1H3,(H,18,19). The van der Waals surface area contributed by atoms with E-state index in [1.165, 1.54) is 6.07 Å². The summed E-state index contributed by atoms with van der Waals surface area (Å²) in [4.78, 5) is 12.9. The third-order valence-electron chi connectivity index (χ3n) is 3.69. The van der Waals surface area contributed by atoms with Crippen LogP contribution in [-0.2, 0) is 0 Å². The molecule has 1 saturated heterocycles. The fraction of sp³-hybridized carbons (Fsp3) is 0.500. The van der Waals surface area contributed by atoms with Gasteiger partial charge in [-0.15, -0.1) is 0 Å². The van der Waals surface area contributed by atoms with Crippen LogP contribution in [0.2, 0.25) is 0 Å². The Kier molecular flexibility index (Phi) is 3.85. The maximum absolute atomic E-state index is 13.1. The van der Waals surface area contributed by atoms with Gasteiger partial charge in [0, 0.05) is 32.0 Å². The van der Waals surface area contributed by atoms with Crippen molar-refractivity contribution in [3.05, 3.63) is 35.4 Å². The normalized spacial score (nSPS) is 21.0. The highest BCUT2D eigenvalue weighted by atomic mass is 19.3. The van der Waals surface area contributed by atoms with Gasteiger partial charge < -0.3 is 5.11 Å². The first kappa shape index (κ1) is 13.9. The minimum atomic E-state index is -2.56.